The lowest BCUT2D eigenvalue weighted by Crippen LogP contribution is -2.40. The average Bonchev–Trinajstić information content (AvgIpc) is 2.70. The van der Waals surface area contributed by atoms with E-state index in [1.54, 1.807) is 0 Å². The molecule has 0 amide bonds. The summed E-state index contributed by atoms with van der Waals surface area (Å²) in [5.74, 6) is 0. The number of benzene rings is 2. The molecular weight excluding hydrogens is 292 g/mol. The minimum atomic E-state index is -0.444. The monoisotopic (exact) mass is 310 g/mol. The van der Waals surface area contributed by atoms with Gasteiger partial charge in [0, 0.05) is 6.20 Å². The molecule has 116 valence electrons. The Hall–Kier alpha value is -3.13. The molecule has 1 aliphatic heterocycles. The number of rotatable bonds is 3. The van der Waals surface area contributed by atoms with Crippen LogP contribution in [0.4, 0.5) is 0 Å². The maximum atomic E-state index is 4.69. The van der Waals surface area contributed by atoms with Gasteiger partial charge in [0.2, 0.25) is 0 Å². The molecule has 1 N–H and O–H groups in total. The first-order valence-corrected chi connectivity index (χ1v) is 8.08. The number of hydrogen-bond acceptors (Lipinski definition) is 2. The first-order chi connectivity index (χ1) is 11.9. The Balaban J connectivity index is 1.86. The van der Waals surface area contributed by atoms with Crippen molar-refractivity contribution >= 4 is 0 Å². The summed E-state index contributed by atoms with van der Waals surface area (Å²) in [7, 11) is 0. The molecule has 0 fully saturated rings. The van der Waals surface area contributed by atoms with E-state index in [0.29, 0.717) is 0 Å². The van der Waals surface area contributed by atoms with Crippen LogP contribution in [0.1, 0.15) is 11.3 Å². The average molecular weight is 310 g/mol. The Morgan fingerprint density at radius 2 is 1.50 bits per heavy atom. The Bertz CT molecular complexity index is 882. The van der Waals surface area contributed by atoms with Crippen LogP contribution in [0.2, 0.25) is 0 Å². The first kappa shape index (κ1) is 14.5. The van der Waals surface area contributed by atoms with E-state index in [0.717, 1.165) is 5.69 Å². The Morgan fingerprint density at radius 3 is 2.21 bits per heavy atom. The largest absolute Gasteiger partial charge is 0.373 e. The van der Waals surface area contributed by atoms with Crippen LogP contribution in [-0.4, -0.2) is 4.98 Å². The van der Waals surface area contributed by atoms with E-state index in [-0.39, 0.29) is 0 Å². The van der Waals surface area contributed by atoms with Gasteiger partial charge >= 0.3 is 0 Å². The van der Waals surface area contributed by atoms with Crippen LogP contribution in [0.25, 0.3) is 11.1 Å². The Kier molecular flexibility index (Phi) is 3.72. The van der Waals surface area contributed by atoms with Crippen LogP contribution in [0.5, 0.6) is 0 Å². The van der Waals surface area contributed by atoms with Crippen molar-refractivity contribution in [2.45, 2.75) is 5.54 Å². The molecule has 0 saturated carbocycles. The zero-order valence-electron chi connectivity index (χ0n) is 13.3. The van der Waals surface area contributed by atoms with E-state index in [9.17, 15) is 0 Å². The molecule has 0 bridgehead atoms. The zero-order valence-corrected chi connectivity index (χ0v) is 13.3. The number of nitrogens with zero attached hydrogens (tertiary/aromatic N) is 1. The highest BCUT2D eigenvalue weighted by molar-refractivity contribution is 5.64. The van der Waals surface area contributed by atoms with Crippen LogP contribution in [0, 0.1) is 0 Å². The number of pyridine rings is 1. The zero-order chi connectivity index (χ0) is 16.2. The van der Waals surface area contributed by atoms with Gasteiger partial charge in [-0.05, 0) is 47.2 Å². The summed E-state index contributed by atoms with van der Waals surface area (Å²) in [5.41, 5.74) is 4.07. The third-order valence-corrected chi connectivity index (χ3v) is 4.36. The number of allylic oxidation sites excluding steroid dienone is 2. The first-order valence-electron chi connectivity index (χ1n) is 8.08. The normalized spacial score (nSPS) is 19.0. The van der Waals surface area contributed by atoms with Crippen molar-refractivity contribution in [1.82, 2.24) is 10.3 Å². The topological polar surface area (TPSA) is 24.9 Å². The van der Waals surface area contributed by atoms with E-state index in [4.69, 9.17) is 0 Å². The van der Waals surface area contributed by atoms with Gasteiger partial charge in [0.1, 0.15) is 5.54 Å². The molecular formula is C22H18N2. The van der Waals surface area contributed by atoms with Gasteiger partial charge in [0.05, 0.1) is 5.69 Å². The highest BCUT2D eigenvalue weighted by Gasteiger charge is 2.33. The molecule has 0 radical (unpaired) electrons. The smallest absolute Gasteiger partial charge is 0.124 e. The van der Waals surface area contributed by atoms with Crippen molar-refractivity contribution in [2.24, 2.45) is 0 Å². The lowest BCUT2D eigenvalue weighted by Gasteiger charge is -2.33. The van der Waals surface area contributed by atoms with Gasteiger partial charge in [-0.1, -0.05) is 66.7 Å². The van der Waals surface area contributed by atoms with Gasteiger partial charge < -0.3 is 5.32 Å². The molecule has 1 unspecified atom stereocenters. The summed E-state index contributed by atoms with van der Waals surface area (Å²) in [6.07, 6.45) is 10.1. The minimum Gasteiger partial charge on any atom is -0.373 e. The van der Waals surface area contributed by atoms with E-state index in [2.05, 4.69) is 83.1 Å². The molecule has 3 aromatic rings. The molecule has 1 aromatic heterocycles. The summed E-state index contributed by atoms with van der Waals surface area (Å²) in [5, 5.41) is 3.51. The standard InChI is InChI=1S/C22H18N2/c1-3-9-18(10-4-1)19-13-16-23-21(17-19)22(14-7-8-15-24-22)20-11-5-2-6-12-20/h1-17,24H. The van der Waals surface area contributed by atoms with Crippen LogP contribution >= 0.6 is 0 Å². The van der Waals surface area contributed by atoms with Crippen molar-refractivity contribution in [2.75, 3.05) is 0 Å². The maximum Gasteiger partial charge on any atom is 0.124 e. The van der Waals surface area contributed by atoms with E-state index in [1.807, 2.05) is 30.6 Å². The molecule has 0 saturated heterocycles. The molecule has 2 aromatic carbocycles. The third-order valence-electron chi connectivity index (χ3n) is 4.36. The predicted octanol–water partition coefficient (Wildman–Crippen LogP) is 4.67. The molecule has 1 aliphatic rings. The molecule has 2 heterocycles. The molecule has 4 rings (SSSR count). The van der Waals surface area contributed by atoms with Crippen molar-refractivity contribution < 1.29 is 0 Å². The van der Waals surface area contributed by atoms with Crippen LogP contribution in [-0.2, 0) is 5.54 Å². The van der Waals surface area contributed by atoms with Gasteiger partial charge in [0.15, 0.2) is 0 Å². The van der Waals surface area contributed by atoms with E-state index >= 15 is 0 Å². The van der Waals surface area contributed by atoms with Gasteiger partial charge in [-0.2, -0.15) is 0 Å². The number of hydrogen-bond donors (Lipinski definition) is 1. The molecule has 0 aliphatic carbocycles. The fourth-order valence-electron chi connectivity index (χ4n) is 3.13. The lowest BCUT2D eigenvalue weighted by molar-refractivity contribution is 0.549. The summed E-state index contributed by atoms with van der Waals surface area (Å²) >= 11 is 0. The fourth-order valence-corrected chi connectivity index (χ4v) is 3.13. The second-order valence-corrected chi connectivity index (χ2v) is 5.83. The number of nitrogens with one attached hydrogen (secondary N) is 1. The quantitative estimate of drug-likeness (QED) is 0.760. The lowest BCUT2D eigenvalue weighted by atomic mass is 9.84. The predicted molar refractivity (Wildman–Crippen MR) is 98.3 cm³/mol. The minimum absolute atomic E-state index is 0.444. The van der Waals surface area contributed by atoms with Crippen molar-refractivity contribution in [3.8, 4) is 11.1 Å². The van der Waals surface area contributed by atoms with E-state index < -0.39 is 5.54 Å². The van der Waals surface area contributed by atoms with Gasteiger partial charge in [0.25, 0.3) is 0 Å². The molecule has 24 heavy (non-hydrogen) atoms. The summed E-state index contributed by atoms with van der Waals surface area (Å²) in [6, 6.07) is 25.0. The molecule has 1 atom stereocenters. The van der Waals surface area contributed by atoms with Crippen LogP contribution in [0.3, 0.4) is 0 Å². The second-order valence-electron chi connectivity index (χ2n) is 5.83. The van der Waals surface area contributed by atoms with E-state index in [1.165, 1.54) is 16.7 Å². The van der Waals surface area contributed by atoms with Crippen molar-refractivity contribution in [3.63, 3.8) is 0 Å². The fraction of sp³-hybridized carbons (Fsp3) is 0.0455. The maximum absolute atomic E-state index is 4.69. The molecule has 2 nitrogen and oxygen atoms in total. The number of aromatic nitrogens is 1. The third kappa shape index (κ3) is 2.52. The van der Waals surface area contributed by atoms with Crippen molar-refractivity contribution in [1.29, 1.82) is 0 Å². The highest BCUT2D eigenvalue weighted by Crippen LogP contribution is 2.33. The van der Waals surface area contributed by atoms with Crippen molar-refractivity contribution in [3.05, 3.63) is 115 Å². The van der Waals surface area contributed by atoms with Gasteiger partial charge in [-0.25, -0.2) is 0 Å². The molecule has 2 heteroatoms. The SMILES string of the molecule is C1=CNC(c2ccccc2)(c2cc(-c3ccccc3)ccn2)C=C1. The summed E-state index contributed by atoms with van der Waals surface area (Å²) in [6.45, 7) is 0. The van der Waals surface area contributed by atoms with Crippen LogP contribution in [0.15, 0.2) is 103 Å². The van der Waals surface area contributed by atoms with Crippen LogP contribution < -0.4 is 5.32 Å². The van der Waals surface area contributed by atoms with Gasteiger partial charge in [-0.15, -0.1) is 0 Å². The molecule has 0 spiro atoms. The Labute approximate surface area is 142 Å². The van der Waals surface area contributed by atoms with Gasteiger partial charge in [-0.3, -0.25) is 4.98 Å². The summed E-state index contributed by atoms with van der Waals surface area (Å²) in [4.78, 5) is 4.69. The Morgan fingerprint density at radius 1 is 0.750 bits per heavy atom. The second kappa shape index (κ2) is 6.17. The summed E-state index contributed by atoms with van der Waals surface area (Å²) < 4.78 is 0. The number of dihydropyridines is 1. The highest BCUT2D eigenvalue weighted by atomic mass is 15.0.